The summed E-state index contributed by atoms with van der Waals surface area (Å²) in [5.41, 5.74) is 2.66. The molecule has 1 unspecified atom stereocenters. The number of piperidine rings is 1. The van der Waals surface area contributed by atoms with Crippen molar-refractivity contribution in [2.75, 3.05) is 13.1 Å². The van der Waals surface area contributed by atoms with Gasteiger partial charge in [0.05, 0.1) is 5.69 Å². The van der Waals surface area contributed by atoms with Crippen LogP contribution in [0.2, 0.25) is 0 Å². The van der Waals surface area contributed by atoms with Crippen LogP contribution in [0.4, 0.5) is 0 Å². The van der Waals surface area contributed by atoms with Crippen molar-refractivity contribution in [3.63, 3.8) is 0 Å². The molecule has 3 nitrogen and oxygen atoms in total. The van der Waals surface area contributed by atoms with Gasteiger partial charge in [0.25, 0.3) is 0 Å². The minimum Gasteiger partial charge on any atom is -0.316 e. The molecule has 0 saturated carbocycles. The van der Waals surface area contributed by atoms with E-state index < -0.39 is 0 Å². The summed E-state index contributed by atoms with van der Waals surface area (Å²) in [4.78, 5) is 0. The van der Waals surface area contributed by atoms with Crippen LogP contribution in [-0.4, -0.2) is 22.9 Å². The highest BCUT2D eigenvalue weighted by Gasteiger charge is 2.16. The molecular formula is C13H23N3. The van der Waals surface area contributed by atoms with Gasteiger partial charge in [0, 0.05) is 12.2 Å². The fraction of sp³-hybridized carbons (Fsp3) is 0.769. The molecule has 2 heterocycles. The highest BCUT2D eigenvalue weighted by Crippen LogP contribution is 2.17. The molecule has 1 fully saturated rings. The number of nitrogens with one attached hydrogen (secondary N) is 1. The predicted octanol–water partition coefficient (Wildman–Crippen LogP) is 2.01. The lowest BCUT2D eigenvalue weighted by atomic mass is 9.94. The van der Waals surface area contributed by atoms with E-state index in [4.69, 9.17) is 0 Å². The molecule has 1 N–H and O–H groups in total. The molecule has 0 aliphatic carbocycles. The molecule has 0 spiro atoms. The van der Waals surface area contributed by atoms with Gasteiger partial charge in [0.1, 0.15) is 0 Å². The van der Waals surface area contributed by atoms with E-state index in [1.807, 2.05) is 0 Å². The second-order valence-electron chi connectivity index (χ2n) is 4.71. The highest BCUT2D eigenvalue weighted by atomic mass is 15.3. The van der Waals surface area contributed by atoms with Crippen molar-refractivity contribution in [3.8, 4) is 0 Å². The lowest BCUT2D eigenvalue weighted by Gasteiger charge is -2.22. The molecule has 1 saturated heterocycles. The first-order valence-electron chi connectivity index (χ1n) is 6.59. The van der Waals surface area contributed by atoms with Crippen molar-refractivity contribution >= 4 is 0 Å². The van der Waals surface area contributed by atoms with Crippen LogP contribution in [0, 0.1) is 5.92 Å². The second kappa shape index (κ2) is 5.48. The smallest absolute Gasteiger partial charge is 0.0624 e. The van der Waals surface area contributed by atoms with Crippen LogP contribution in [0.5, 0.6) is 0 Å². The Morgan fingerprint density at radius 3 is 3.00 bits per heavy atom. The summed E-state index contributed by atoms with van der Waals surface area (Å²) in [7, 11) is 0. The molecule has 0 aromatic carbocycles. The largest absolute Gasteiger partial charge is 0.316 e. The fourth-order valence-electron chi connectivity index (χ4n) is 2.52. The van der Waals surface area contributed by atoms with Gasteiger partial charge in [-0.3, -0.25) is 4.68 Å². The summed E-state index contributed by atoms with van der Waals surface area (Å²) in [6, 6.07) is 2.29. The van der Waals surface area contributed by atoms with E-state index in [0.717, 1.165) is 18.9 Å². The molecule has 0 amide bonds. The number of hydrogen-bond acceptors (Lipinski definition) is 2. The van der Waals surface area contributed by atoms with Crippen molar-refractivity contribution in [3.05, 3.63) is 17.5 Å². The van der Waals surface area contributed by atoms with Gasteiger partial charge in [-0.15, -0.1) is 0 Å². The van der Waals surface area contributed by atoms with E-state index >= 15 is 0 Å². The molecule has 90 valence electrons. The Morgan fingerprint density at radius 1 is 1.50 bits per heavy atom. The van der Waals surface area contributed by atoms with Crippen molar-refractivity contribution in [2.45, 2.75) is 46.1 Å². The third-order valence-electron chi connectivity index (χ3n) is 3.47. The van der Waals surface area contributed by atoms with E-state index in [2.05, 4.69) is 35.0 Å². The Kier molecular flexibility index (Phi) is 3.99. The van der Waals surface area contributed by atoms with Crippen LogP contribution in [0.3, 0.4) is 0 Å². The maximum Gasteiger partial charge on any atom is 0.0624 e. The molecule has 1 atom stereocenters. The fourth-order valence-corrected chi connectivity index (χ4v) is 2.52. The van der Waals surface area contributed by atoms with Gasteiger partial charge in [0.2, 0.25) is 0 Å². The Bertz CT molecular complexity index is 324. The van der Waals surface area contributed by atoms with Gasteiger partial charge in [0.15, 0.2) is 0 Å². The molecule has 3 heteroatoms. The minimum absolute atomic E-state index is 0.806. The second-order valence-corrected chi connectivity index (χ2v) is 4.71. The van der Waals surface area contributed by atoms with Crippen molar-refractivity contribution < 1.29 is 0 Å². The molecule has 2 rings (SSSR count). The van der Waals surface area contributed by atoms with E-state index in [0.29, 0.717) is 0 Å². The van der Waals surface area contributed by atoms with E-state index in [1.54, 1.807) is 0 Å². The summed E-state index contributed by atoms with van der Waals surface area (Å²) in [5, 5.41) is 8.09. The minimum atomic E-state index is 0.806. The highest BCUT2D eigenvalue weighted by molar-refractivity contribution is 5.11. The number of aromatic nitrogens is 2. The SMILES string of the molecule is CCc1cc(CC2CCCNC2)n(CC)n1. The first-order valence-corrected chi connectivity index (χ1v) is 6.59. The molecule has 0 radical (unpaired) electrons. The van der Waals surface area contributed by atoms with Crippen molar-refractivity contribution in [1.82, 2.24) is 15.1 Å². The predicted molar refractivity (Wildman–Crippen MR) is 66.6 cm³/mol. The number of nitrogens with zero attached hydrogens (tertiary/aromatic N) is 2. The summed E-state index contributed by atoms with van der Waals surface area (Å²) in [6.07, 6.45) is 4.92. The van der Waals surface area contributed by atoms with Crippen molar-refractivity contribution in [1.29, 1.82) is 0 Å². The zero-order valence-electron chi connectivity index (χ0n) is 10.5. The van der Waals surface area contributed by atoms with Crippen LogP contribution >= 0.6 is 0 Å². The standard InChI is InChI=1S/C13H23N3/c1-3-12-9-13(16(4-2)15-12)8-11-6-5-7-14-10-11/h9,11,14H,3-8,10H2,1-2H3. The molecular weight excluding hydrogens is 198 g/mol. The third-order valence-corrected chi connectivity index (χ3v) is 3.47. The molecule has 1 aromatic rings. The van der Waals surface area contributed by atoms with Crippen LogP contribution in [0.25, 0.3) is 0 Å². The summed E-state index contributed by atoms with van der Waals surface area (Å²) in [5.74, 6) is 0.806. The van der Waals surface area contributed by atoms with Gasteiger partial charge < -0.3 is 5.32 Å². The van der Waals surface area contributed by atoms with Gasteiger partial charge in [-0.1, -0.05) is 6.92 Å². The third kappa shape index (κ3) is 2.64. The summed E-state index contributed by atoms with van der Waals surface area (Å²) in [6.45, 7) is 7.72. The molecule has 1 aliphatic heterocycles. The summed E-state index contributed by atoms with van der Waals surface area (Å²) >= 11 is 0. The zero-order valence-corrected chi connectivity index (χ0v) is 10.5. The quantitative estimate of drug-likeness (QED) is 0.843. The topological polar surface area (TPSA) is 29.9 Å². The Morgan fingerprint density at radius 2 is 2.38 bits per heavy atom. The van der Waals surface area contributed by atoms with Crippen LogP contribution in [0.1, 0.15) is 38.1 Å². The molecule has 16 heavy (non-hydrogen) atoms. The van der Waals surface area contributed by atoms with Crippen LogP contribution in [0.15, 0.2) is 6.07 Å². The molecule has 0 bridgehead atoms. The first-order chi connectivity index (χ1) is 7.83. The van der Waals surface area contributed by atoms with Gasteiger partial charge in [-0.2, -0.15) is 5.10 Å². The number of rotatable bonds is 4. The Balaban J connectivity index is 2.03. The van der Waals surface area contributed by atoms with Gasteiger partial charge >= 0.3 is 0 Å². The number of aryl methyl sites for hydroxylation is 2. The zero-order chi connectivity index (χ0) is 11.4. The van der Waals surface area contributed by atoms with E-state index in [-0.39, 0.29) is 0 Å². The Labute approximate surface area is 98.2 Å². The van der Waals surface area contributed by atoms with Gasteiger partial charge in [-0.25, -0.2) is 0 Å². The van der Waals surface area contributed by atoms with Crippen molar-refractivity contribution in [2.24, 2.45) is 5.92 Å². The maximum atomic E-state index is 4.61. The summed E-state index contributed by atoms with van der Waals surface area (Å²) < 4.78 is 2.17. The maximum absolute atomic E-state index is 4.61. The molecule has 1 aromatic heterocycles. The average molecular weight is 221 g/mol. The molecule has 1 aliphatic rings. The van der Waals surface area contributed by atoms with Crippen LogP contribution < -0.4 is 5.32 Å². The van der Waals surface area contributed by atoms with Gasteiger partial charge in [-0.05, 0) is 57.7 Å². The van der Waals surface area contributed by atoms with E-state index in [1.165, 1.54) is 43.7 Å². The normalized spacial score (nSPS) is 21.2. The lowest BCUT2D eigenvalue weighted by Crippen LogP contribution is -2.31. The van der Waals surface area contributed by atoms with E-state index in [9.17, 15) is 0 Å². The van der Waals surface area contributed by atoms with Crippen LogP contribution in [-0.2, 0) is 19.4 Å². The first kappa shape index (κ1) is 11.6. The lowest BCUT2D eigenvalue weighted by molar-refractivity contribution is 0.367. The number of hydrogen-bond donors (Lipinski definition) is 1. The monoisotopic (exact) mass is 221 g/mol. The Hall–Kier alpha value is -0.830. The average Bonchev–Trinajstić information content (AvgIpc) is 2.73.